The van der Waals surface area contributed by atoms with Crippen LogP contribution in [0.4, 0.5) is 4.39 Å². The third kappa shape index (κ3) is 5.12. The summed E-state index contributed by atoms with van der Waals surface area (Å²) in [5.74, 6) is -1.49. The van der Waals surface area contributed by atoms with E-state index in [-0.39, 0.29) is 21.9 Å². The molecule has 1 fully saturated rings. The Labute approximate surface area is 209 Å². The molecule has 1 amide bonds. The van der Waals surface area contributed by atoms with Crippen LogP contribution in [0.5, 0.6) is 0 Å². The van der Waals surface area contributed by atoms with E-state index in [0.29, 0.717) is 37.1 Å². The molecular formula is C27H25FN4O3S. The largest absolute Gasteiger partial charge is 0.336 e. The monoisotopic (exact) mass is 504 g/mol. The number of nitrogens with zero attached hydrogens (tertiary/aromatic N) is 4. The minimum Gasteiger partial charge on any atom is -0.336 e. The van der Waals surface area contributed by atoms with Crippen LogP contribution in [-0.4, -0.2) is 60.3 Å². The third-order valence-corrected chi connectivity index (χ3v) is 8.08. The lowest BCUT2D eigenvalue weighted by molar-refractivity contribution is 0.0628. The molecule has 1 aliphatic heterocycles. The summed E-state index contributed by atoms with van der Waals surface area (Å²) in [6.45, 7) is 3.29. The van der Waals surface area contributed by atoms with Crippen molar-refractivity contribution in [2.45, 2.75) is 17.2 Å². The fraction of sp³-hybridized carbons (Fsp3) is 0.222. The number of hydrogen-bond donors (Lipinski definition) is 0. The minimum atomic E-state index is -3.86. The van der Waals surface area contributed by atoms with Crippen LogP contribution in [-0.2, 0) is 22.1 Å². The number of pyridine rings is 2. The SMILES string of the molecule is O=C(c1ccc(CS(=O)(=O)c2cccc3cccnc23)c(F)c1)N1CCN(Cc2ccncc2)CC1. The summed E-state index contributed by atoms with van der Waals surface area (Å²) in [5, 5.41) is 0.695. The number of benzene rings is 2. The Bertz CT molecular complexity index is 1500. The number of carbonyl (C=O) groups excluding carboxylic acids is 1. The highest BCUT2D eigenvalue weighted by molar-refractivity contribution is 7.90. The molecule has 0 atom stereocenters. The summed E-state index contributed by atoms with van der Waals surface area (Å²) >= 11 is 0. The van der Waals surface area contributed by atoms with Crippen LogP contribution in [0.1, 0.15) is 21.5 Å². The van der Waals surface area contributed by atoms with Gasteiger partial charge in [0.15, 0.2) is 9.84 Å². The Hall–Kier alpha value is -3.69. The van der Waals surface area contributed by atoms with E-state index in [9.17, 15) is 17.6 Å². The van der Waals surface area contributed by atoms with E-state index in [1.165, 1.54) is 24.4 Å². The molecule has 2 aromatic heterocycles. The summed E-state index contributed by atoms with van der Waals surface area (Å²) in [5.41, 5.74) is 1.75. The molecule has 184 valence electrons. The fourth-order valence-electron chi connectivity index (χ4n) is 4.45. The maximum absolute atomic E-state index is 15.0. The van der Waals surface area contributed by atoms with Crippen molar-refractivity contribution in [3.8, 4) is 0 Å². The predicted octanol–water partition coefficient (Wildman–Crippen LogP) is 3.70. The zero-order valence-corrected chi connectivity index (χ0v) is 20.4. The highest BCUT2D eigenvalue weighted by Crippen LogP contribution is 2.25. The van der Waals surface area contributed by atoms with E-state index in [4.69, 9.17) is 0 Å². The minimum absolute atomic E-state index is 0.0154. The Morgan fingerprint density at radius 3 is 2.42 bits per heavy atom. The average molecular weight is 505 g/mol. The first-order valence-electron chi connectivity index (χ1n) is 11.7. The number of rotatable bonds is 6. The standard InChI is InChI=1S/C27H25FN4O3S/c28-24-17-22(27(33)32-15-13-31(14-16-32)18-20-8-11-29-12-9-20)6-7-23(24)19-36(34,35)25-5-1-3-21-4-2-10-30-26(21)25/h1-12,17H,13-16,18-19H2. The van der Waals surface area contributed by atoms with Crippen molar-refractivity contribution in [2.75, 3.05) is 26.2 Å². The molecule has 2 aromatic carbocycles. The van der Waals surface area contributed by atoms with Crippen molar-refractivity contribution < 1.29 is 17.6 Å². The van der Waals surface area contributed by atoms with Crippen LogP contribution < -0.4 is 0 Å². The zero-order valence-electron chi connectivity index (χ0n) is 19.5. The van der Waals surface area contributed by atoms with Crippen LogP contribution in [0.25, 0.3) is 10.9 Å². The molecule has 9 heteroatoms. The Morgan fingerprint density at radius 1 is 0.917 bits per heavy atom. The zero-order chi connectivity index (χ0) is 25.1. The van der Waals surface area contributed by atoms with Gasteiger partial charge in [-0.1, -0.05) is 24.3 Å². The lowest BCUT2D eigenvalue weighted by Crippen LogP contribution is -2.48. The molecule has 0 N–H and O–H groups in total. The predicted molar refractivity (Wildman–Crippen MR) is 134 cm³/mol. The summed E-state index contributed by atoms with van der Waals surface area (Å²) in [6.07, 6.45) is 5.05. The number of para-hydroxylation sites is 1. The van der Waals surface area contributed by atoms with Gasteiger partial charge in [-0.25, -0.2) is 12.8 Å². The first kappa shape index (κ1) is 24.0. The van der Waals surface area contributed by atoms with Crippen LogP contribution in [0.3, 0.4) is 0 Å². The molecule has 0 radical (unpaired) electrons. The molecule has 4 aromatic rings. The first-order valence-corrected chi connectivity index (χ1v) is 13.3. The molecule has 3 heterocycles. The van der Waals surface area contributed by atoms with Gasteiger partial charge in [0.2, 0.25) is 0 Å². The second kappa shape index (κ2) is 10.1. The second-order valence-electron chi connectivity index (χ2n) is 8.82. The van der Waals surface area contributed by atoms with Gasteiger partial charge in [0.1, 0.15) is 5.82 Å². The first-order chi connectivity index (χ1) is 17.4. The quantitative estimate of drug-likeness (QED) is 0.398. The van der Waals surface area contributed by atoms with Crippen molar-refractivity contribution in [3.63, 3.8) is 0 Å². The van der Waals surface area contributed by atoms with Gasteiger partial charge in [-0.15, -0.1) is 0 Å². The summed E-state index contributed by atoms with van der Waals surface area (Å²) in [7, 11) is -3.86. The Morgan fingerprint density at radius 2 is 1.67 bits per heavy atom. The topological polar surface area (TPSA) is 83.5 Å². The molecule has 0 bridgehead atoms. The summed E-state index contributed by atoms with van der Waals surface area (Å²) in [6, 6.07) is 16.4. The van der Waals surface area contributed by atoms with Gasteiger partial charge < -0.3 is 4.90 Å². The number of aromatic nitrogens is 2. The molecule has 0 unspecified atom stereocenters. The Kier molecular flexibility index (Phi) is 6.75. The van der Waals surface area contributed by atoms with Gasteiger partial charge in [-0.3, -0.25) is 19.7 Å². The maximum atomic E-state index is 15.0. The Balaban J connectivity index is 1.26. The van der Waals surface area contributed by atoms with E-state index >= 15 is 0 Å². The number of amides is 1. The van der Waals surface area contributed by atoms with E-state index in [2.05, 4.69) is 14.9 Å². The number of piperazine rings is 1. The fourth-order valence-corrected chi connectivity index (χ4v) is 6.00. The van der Waals surface area contributed by atoms with Gasteiger partial charge in [-0.2, -0.15) is 0 Å². The number of hydrogen-bond acceptors (Lipinski definition) is 6. The van der Waals surface area contributed by atoms with Crippen molar-refractivity contribution in [2.24, 2.45) is 0 Å². The van der Waals surface area contributed by atoms with Crippen molar-refractivity contribution in [1.82, 2.24) is 19.8 Å². The van der Waals surface area contributed by atoms with Crippen molar-refractivity contribution >= 4 is 26.6 Å². The van der Waals surface area contributed by atoms with Gasteiger partial charge in [-0.05, 0) is 42.0 Å². The highest BCUT2D eigenvalue weighted by Gasteiger charge is 2.25. The van der Waals surface area contributed by atoms with E-state index in [1.54, 1.807) is 41.6 Å². The van der Waals surface area contributed by atoms with Crippen LogP contribution >= 0.6 is 0 Å². The third-order valence-electron chi connectivity index (χ3n) is 6.39. The van der Waals surface area contributed by atoms with Crippen LogP contribution in [0.2, 0.25) is 0 Å². The van der Waals surface area contributed by atoms with Gasteiger partial charge in [0.25, 0.3) is 5.91 Å². The second-order valence-corrected chi connectivity index (χ2v) is 10.8. The lowest BCUT2D eigenvalue weighted by atomic mass is 10.1. The summed E-state index contributed by atoms with van der Waals surface area (Å²) in [4.78, 5) is 25.2. The molecule has 36 heavy (non-hydrogen) atoms. The summed E-state index contributed by atoms with van der Waals surface area (Å²) < 4.78 is 41.2. The number of fused-ring (bicyclic) bond motifs is 1. The average Bonchev–Trinajstić information content (AvgIpc) is 2.90. The number of sulfone groups is 1. The smallest absolute Gasteiger partial charge is 0.254 e. The number of carbonyl (C=O) groups is 1. The molecule has 0 aliphatic carbocycles. The number of halogens is 1. The van der Waals surface area contributed by atoms with Crippen LogP contribution in [0, 0.1) is 5.82 Å². The molecule has 0 saturated carbocycles. The molecule has 0 spiro atoms. The van der Waals surface area contributed by atoms with Crippen molar-refractivity contribution in [3.05, 3.63) is 102 Å². The normalized spacial score (nSPS) is 14.8. The maximum Gasteiger partial charge on any atom is 0.254 e. The van der Waals surface area contributed by atoms with Crippen molar-refractivity contribution in [1.29, 1.82) is 0 Å². The molecule has 1 aliphatic rings. The van der Waals surface area contributed by atoms with Crippen LogP contribution in [0.15, 0.2) is 84.1 Å². The van der Waals surface area contributed by atoms with E-state index in [1.807, 2.05) is 12.1 Å². The van der Waals surface area contributed by atoms with E-state index < -0.39 is 21.4 Å². The van der Waals surface area contributed by atoms with Gasteiger partial charge in [0, 0.05) is 67.8 Å². The van der Waals surface area contributed by atoms with Gasteiger partial charge >= 0.3 is 0 Å². The highest BCUT2D eigenvalue weighted by atomic mass is 32.2. The molecule has 7 nitrogen and oxygen atoms in total. The van der Waals surface area contributed by atoms with E-state index in [0.717, 1.165) is 18.2 Å². The molecule has 1 saturated heterocycles. The molecular weight excluding hydrogens is 479 g/mol. The molecule has 5 rings (SSSR count). The van der Waals surface area contributed by atoms with Gasteiger partial charge in [0.05, 0.1) is 16.2 Å². The lowest BCUT2D eigenvalue weighted by Gasteiger charge is -2.34.